The molecule has 0 heterocycles. The van der Waals surface area contributed by atoms with E-state index in [0.717, 1.165) is 0 Å². The Hall–Kier alpha value is -3.60. The topological polar surface area (TPSA) is 210 Å². The highest BCUT2D eigenvalue weighted by atomic mass is 16.6. The van der Waals surface area contributed by atoms with Crippen molar-refractivity contribution in [2.75, 3.05) is 79.3 Å². The van der Waals surface area contributed by atoms with Crippen molar-refractivity contribution in [2.45, 2.75) is 53.4 Å². The van der Waals surface area contributed by atoms with Crippen molar-refractivity contribution in [3.05, 3.63) is 0 Å². The minimum Gasteiger partial charge on any atom is -0.463 e. The number of hydrogen-bond acceptors (Lipinski definition) is 16. The van der Waals surface area contributed by atoms with E-state index in [0.29, 0.717) is 0 Å². The van der Waals surface area contributed by atoms with E-state index in [4.69, 9.17) is 37.9 Å². The fourth-order valence-corrected chi connectivity index (χ4v) is 3.28. The smallest absolute Gasteiger partial charge is 0.313 e. The molecule has 0 aromatic rings. The Kier molecular flexibility index (Phi) is 22.7. The average molecular weight is 649 g/mol. The zero-order valence-electron chi connectivity index (χ0n) is 26.3. The van der Waals surface area contributed by atoms with Gasteiger partial charge in [0.1, 0.15) is 75.2 Å². The van der Waals surface area contributed by atoms with Gasteiger partial charge in [0.25, 0.3) is 0 Å². The molecule has 0 spiro atoms. The molecule has 0 aromatic heterocycles. The number of esters is 4. The number of carbonyl (C=O) groups excluding carboxylic acids is 8. The lowest BCUT2D eigenvalue weighted by molar-refractivity contribution is -0.151. The molecule has 0 N–H and O–H groups in total. The maximum atomic E-state index is 11.6. The first kappa shape index (κ1) is 41.4. The molecule has 0 radical (unpaired) electrons. The summed E-state index contributed by atoms with van der Waals surface area (Å²) in [6.45, 7) is 3.92. The lowest BCUT2D eigenvalue weighted by Gasteiger charge is -2.33. The molecule has 0 bridgehead atoms. The van der Waals surface area contributed by atoms with Gasteiger partial charge in [-0.1, -0.05) is 0 Å². The normalized spacial score (nSPS) is 10.9. The van der Waals surface area contributed by atoms with Crippen LogP contribution in [-0.4, -0.2) is 126 Å². The predicted molar refractivity (Wildman–Crippen MR) is 151 cm³/mol. The van der Waals surface area contributed by atoms with Gasteiger partial charge in [0.2, 0.25) is 0 Å². The second-order valence-corrected chi connectivity index (χ2v) is 10.1. The first-order valence-electron chi connectivity index (χ1n) is 14.2. The molecule has 0 amide bonds. The number of rotatable bonds is 28. The van der Waals surface area contributed by atoms with E-state index in [2.05, 4.69) is 0 Å². The standard InChI is InChI=1S/C29H44O16/c1-21(30)13-25(34)42-9-5-38-17-29(18-39-6-10-43-26(35)14-22(2)31,19-40-7-11-44-27(36)15-23(3)32)20-41-8-12-45-28(37)16-24(4)33/h5-20H2,1-4H3. The first-order chi connectivity index (χ1) is 21.2. The molecular weight excluding hydrogens is 604 g/mol. The van der Waals surface area contributed by atoms with Gasteiger partial charge in [-0.2, -0.15) is 0 Å². The summed E-state index contributed by atoms with van der Waals surface area (Å²) < 4.78 is 42.6. The Balaban J connectivity index is 5.32. The molecule has 0 saturated heterocycles. The molecule has 0 rings (SSSR count). The van der Waals surface area contributed by atoms with E-state index in [9.17, 15) is 38.4 Å². The van der Waals surface area contributed by atoms with Crippen LogP contribution in [0.25, 0.3) is 0 Å². The predicted octanol–water partition coefficient (Wildman–Crippen LogP) is 0.128. The SMILES string of the molecule is CC(=O)CC(=O)OCCOCC(COCCOC(=O)CC(C)=O)(COCCOC(=O)CC(C)=O)COCCOC(=O)CC(C)=O. The summed E-state index contributed by atoms with van der Waals surface area (Å²) in [7, 11) is 0. The molecule has 0 aromatic carbocycles. The molecule has 45 heavy (non-hydrogen) atoms. The number of hydrogen-bond donors (Lipinski definition) is 0. The van der Waals surface area contributed by atoms with Crippen LogP contribution in [-0.2, 0) is 76.3 Å². The van der Waals surface area contributed by atoms with E-state index < -0.39 is 29.3 Å². The maximum Gasteiger partial charge on any atom is 0.313 e. The molecule has 0 fully saturated rings. The van der Waals surface area contributed by atoms with Crippen molar-refractivity contribution in [2.24, 2.45) is 5.41 Å². The van der Waals surface area contributed by atoms with Crippen molar-refractivity contribution in [3.8, 4) is 0 Å². The zero-order chi connectivity index (χ0) is 34.1. The number of ether oxygens (including phenoxy) is 8. The Morgan fingerprint density at radius 1 is 0.356 bits per heavy atom. The van der Waals surface area contributed by atoms with Crippen LogP contribution in [0.4, 0.5) is 0 Å². The molecular formula is C29H44O16. The molecule has 0 aliphatic heterocycles. The van der Waals surface area contributed by atoms with Gasteiger partial charge in [0.15, 0.2) is 0 Å². The van der Waals surface area contributed by atoms with Crippen LogP contribution in [0.15, 0.2) is 0 Å². The van der Waals surface area contributed by atoms with Crippen LogP contribution >= 0.6 is 0 Å². The summed E-state index contributed by atoms with van der Waals surface area (Å²) >= 11 is 0. The Bertz CT molecular complexity index is 831. The second kappa shape index (κ2) is 24.7. The molecule has 0 aliphatic rings. The van der Waals surface area contributed by atoms with Crippen LogP contribution in [0.1, 0.15) is 53.4 Å². The molecule has 16 heteroatoms. The molecule has 0 unspecified atom stereocenters. The van der Waals surface area contributed by atoms with Crippen LogP contribution in [0.2, 0.25) is 0 Å². The summed E-state index contributed by atoms with van der Waals surface area (Å²) in [6, 6.07) is 0. The summed E-state index contributed by atoms with van der Waals surface area (Å²) in [6.07, 6.45) is -1.48. The second-order valence-electron chi connectivity index (χ2n) is 10.1. The van der Waals surface area contributed by atoms with E-state index in [1.807, 2.05) is 0 Å². The Morgan fingerprint density at radius 2 is 0.556 bits per heavy atom. The minimum absolute atomic E-state index is 0.0562. The maximum absolute atomic E-state index is 11.6. The Morgan fingerprint density at radius 3 is 0.733 bits per heavy atom. The monoisotopic (exact) mass is 648 g/mol. The zero-order valence-corrected chi connectivity index (χ0v) is 26.3. The van der Waals surface area contributed by atoms with Gasteiger partial charge in [-0.15, -0.1) is 0 Å². The Labute approximate surface area is 261 Å². The van der Waals surface area contributed by atoms with Crippen molar-refractivity contribution in [1.29, 1.82) is 0 Å². The fraction of sp³-hybridized carbons (Fsp3) is 0.724. The van der Waals surface area contributed by atoms with Gasteiger partial charge in [-0.05, 0) is 27.7 Å². The quantitative estimate of drug-likeness (QED) is 0.0477. The van der Waals surface area contributed by atoms with Crippen LogP contribution in [0.5, 0.6) is 0 Å². The molecule has 0 atom stereocenters. The highest BCUT2D eigenvalue weighted by Crippen LogP contribution is 2.21. The summed E-state index contributed by atoms with van der Waals surface area (Å²) in [5.74, 6) is -4.21. The van der Waals surface area contributed by atoms with Crippen molar-refractivity contribution in [1.82, 2.24) is 0 Å². The van der Waals surface area contributed by atoms with E-state index in [1.54, 1.807) is 0 Å². The van der Waals surface area contributed by atoms with Gasteiger partial charge in [0, 0.05) is 0 Å². The fourth-order valence-electron chi connectivity index (χ4n) is 3.28. The van der Waals surface area contributed by atoms with E-state index in [-0.39, 0.29) is 128 Å². The average Bonchev–Trinajstić information content (AvgIpc) is 2.90. The van der Waals surface area contributed by atoms with E-state index in [1.165, 1.54) is 27.7 Å². The van der Waals surface area contributed by atoms with Gasteiger partial charge >= 0.3 is 23.9 Å². The summed E-state index contributed by atoms with van der Waals surface area (Å²) in [4.78, 5) is 90.8. The number of ketones is 4. The minimum atomic E-state index is -1.04. The largest absolute Gasteiger partial charge is 0.463 e. The van der Waals surface area contributed by atoms with Gasteiger partial charge in [-0.25, -0.2) is 0 Å². The third-order valence-corrected chi connectivity index (χ3v) is 5.17. The van der Waals surface area contributed by atoms with Gasteiger partial charge < -0.3 is 37.9 Å². The van der Waals surface area contributed by atoms with Crippen LogP contribution in [0, 0.1) is 5.41 Å². The number of Topliss-reactive ketones (excluding diaryl/α,β-unsaturated/α-hetero) is 4. The highest BCUT2D eigenvalue weighted by Gasteiger charge is 2.33. The molecule has 256 valence electrons. The summed E-state index contributed by atoms with van der Waals surface area (Å²) in [5.41, 5.74) is -1.04. The molecule has 0 saturated carbocycles. The van der Waals surface area contributed by atoms with Crippen molar-refractivity contribution in [3.63, 3.8) is 0 Å². The third-order valence-electron chi connectivity index (χ3n) is 5.17. The third kappa shape index (κ3) is 25.4. The lowest BCUT2D eigenvalue weighted by Crippen LogP contribution is -2.43. The molecule has 0 aliphatic carbocycles. The summed E-state index contributed by atoms with van der Waals surface area (Å²) in [5, 5.41) is 0. The van der Waals surface area contributed by atoms with Gasteiger partial charge in [-0.3, -0.25) is 38.4 Å². The van der Waals surface area contributed by atoms with Gasteiger partial charge in [0.05, 0.1) is 58.3 Å². The molecule has 16 nitrogen and oxygen atoms in total. The van der Waals surface area contributed by atoms with E-state index >= 15 is 0 Å². The number of carbonyl (C=O) groups is 8. The van der Waals surface area contributed by atoms with Crippen molar-refractivity contribution >= 4 is 47.0 Å². The highest BCUT2D eigenvalue weighted by molar-refractivity contribution is 5.95. The lowest BCUT2D eigenvalue weighted by atomic mass is 9.92. The first-order valence-corrected chi connectivity index (χ1v) is 14.2. The van der Waals surface area contributed by atoms with Crippen LogP contribution in [0.3, 0.4) is 0 Å². The van der Waals surface area contributed by atoms with Crippen LogP contribution < -0.4 is 0 Å². The van der Waals surface area contributed by atoms with Crippen molar-refractivity contribution < 1.29 is 76.3 Å².